The van der Waals surface area contributed by atoms with Crippen molar-refractivity contribution in [1.82, 2.24) is 15.6 Å². The van der Waals surface area contributed by atoms with E-state index >= 15 is 0 Å². The normalized spacial score (nSPS) is 14.3. The summed E-state index contributed by atoms with van der Waals surface area (Å²) in [5.74, 6) is 2.24. The van der Waals surface area contributed by atoms with E-state index in [2.05, 4.69) is 27.5 Å². The third-order valence-electron chi connectivity index (χ3n) is 3.91. The number of ether oxygens (including phenoxy) is 3. The van der Waals surface area contributed by atoms with E-state index in [0.29, 0.717) is 25.6 Å². The molecule has 1 aliphatic rings. The molecule has 26 heavy (non-hydrogen) atoms. The minimum Gasteiger partial charge on any atom is -0.475 e. The number of hydrogen-bond acceptors (Lipinski definition) is 5. The molecule has 1 heterocycles. The fourth-order valence-electron chi connectivity index (χ4n) is 2.25. The van der Waals surface area contributed by atoms with E-state index in [-0.39, 0.29) is 0 Å². The van der Waals surface area contributed by atoms with Gasteiger partial charge in [0.15, 0.2) is 5.96 Å². The molecule has 2 rings (SSSR count). The average Bonchev–Trinajstić information content (AvgIpc) is 3.48. The fourth-order valence-corrected chi connectivity index (χ4v) is 2.25. The molecule has 0 atom stereocenters. The maximum absolute atomic E-state index is 5.65. The van der Waals surface area contributed by atoms with Crippen molar-refractivity contribution in [3.8, 4) is 5.88 Å². The number of nitrogens with zero attached hydrogens (tertiary/aromatic N) is 2. The Morgan fingerprint density at radius 1 is 1.23 bits per heavy atom. The highest BCUT2D eigenvalue weighted by molar-refractivity contribution is 5.79. The SMILES string of the molecule is CCNC(=NCc1ccc(OCCOC)nc1)NCCCOCC1CC1. The number of nitrogens with one attached hydrogen (secondary N) is 2. The van der Waals surface area contributed by atoms with Crippen LogP contribution in [0.15, 0.2) is 23.3 Å². The quantitative estimate of drug-likeness (QED) is 0.317. The van der Waals surface area contributed by atoms with Gasteiger partial charge in [-0.3, -0.25) is 0 Å². The first-order valence-electron chi connectivity index (χ1n) is 9.48. The topological polar surface area (TPSA) is 77.0 Å². The number of guanidine groups is 1. The van der Waals surface area contributed by atoms with Crippen LogP contribution in [0.3, 0.4) is 0 Å². The van der Waals surface area contributed by atoms with Gasteiger partial charge in [0.25, 0.3) is 0 Å². The van der Waals surface area contributed by atoms with Crippen LogP contribution in [0.25, 0.3) is 0 Å². The van der Waals surface area contributed by atoms with Crippen LogP contribution in [-0.4, -0.2) is 57.6 Å². The first-order valence-corrected chi connectivity index (χ1v) is 9.48. The zero-order chi connectivity index (χ0) is 18.5. The second-order valence-electron chi connectivity index (χ2n) is 6.34. The molecule has 0 amide bonds. The second-order valence-corrected chi connectivity index (χ2v) is 6.34. The number of aliphatic imine (C=N–C) groups is 1. The molecule has 1 fully saturated rings. The second kappa shape index (κ2) is 12.5. The van der Waals surface area contributed by atoms with Gasteiger partial charge in [-0.25, -0.2) is 9.98 Å². The Kier molecular flexibility index (Phi) is 9.82. The van der Waals surface area contributed by atoms with Gasteiger partial charge in [-0.1, -0.05) is 6.07 Å². The molecular formula is C19H32N4O3. The summed E-state index contributed by atoms with van der Waals surface area (Å²) in [6.07, 6.45) is 5.45. The lowest BCUT2D eigenvalue weighted by Gasteiger charge is -2.11. The molecule has 1 aromatic heterocycles. The van der Waals surface area contributed by atoms with E-state index in [4.69, 9.17) is 14.2 Å². The highest BCUT2D eigenvalue weighted by atomic mass is 16.5. The van der Waals surface area contributed by atoms with Crippen LogP contribution in [-0.2, 0) is 16.0 Å². The predicted octanol–water partition coefficient (Wildman–Crippen LogP) is 1.98. The van der Waals surface area contributed by atoms with Crippen LogP contribution in [0.1, 0.15) is 31.7 Å². The molecule has 7 heteroatoms. The lowest BCUT2D eigenvalue weighted by Crippen LogP contribution is -2.38. The summed E-state index contributed by atoms with van der Waals surface area (Å²) in [5.41, 5.74) is 1.04. The standard InChI is InChI=1S/C19H32N4O3/c1-3-20-19(21-9-4-10-25-15-16-5-6-16)23-14-17-7-8-18(22-13-17)26-12-11-24-2/h7-8,13,16H,3-6,9-12,14-15H2,1-2H3,(H2,20,21,23). The number of hydrogen-bond donors (Lipinski definition) is 2. The lowest BCUT2D eigenvalue weighted by atomic mass is 10.3. The molecule has 0 aromatic carbocycles. The Labute approximate surface area is 156 Å². The van der Waals surface area contributed by atoms with Gasteiger partial charge in [0, 0.05) is 45.7 Å². The summed E-state index contributed by atoms with van der Waals surface area (Å²) in [5, 5.41) is 6.60. The third-order valence-corrected chi connectivity index (χ3v) is 3.91. The van der Waals surface area contributed by atoms with Crippen molar-refractivity contribution in [2.24, 2.45) is 10.9 Å². The Balaban J connectivity index is 1.67. The summed E-state index contributed by atoms with van der Waals surface area (Å²) in [6, 6.07) is 3.84. The highest BCUT2D eigenvalue weighted by Crippen LogP contribution is 2.28. The van der Waals surface area contributed by atoms with Crippen molar-refractivity contribution in [1.29, 1.82) is 0 Å². The average molecular weight is 364 g/mol. The van der Waals surface area contributed by atoms with Gasteiger partial charge in [-0.2, -0.15) is 0 Å². The lowest BCUT2D eigenvalue weighted by molar-refractivity contribution is 0.123. The minimum atomic E-state index is 0.500. The van der Waals surface area contributed by atoms with Gasteiger partial charge in [0.05, 0.1) is 13.2 Å². The molecule has 0 saturated heterocycles. The molecule has 1 aliphatic carbocycles. The molecule has 0 radical (unpaired) electrons. The van der Waals surface area contributed by atoms with Crippen molar-refractivity contribution in [2.75, 3.05) is 46.6 Å². The van der Waals surface area contributed by atoms with Crippen molar-refractivity contribution >= 4 is 5.96 Å². The number of rotatable bonds is 13. The van der Waals surface area contributed by atoms with Crippen LogP contribution < -0.4 is 15.4 Å². The monoisotopic (exact) mass is 364 g/mol. The molecule has 0 bridgehead atoms. The van der Waals surface area contributed by atoms with Crippen LogP contribution in [0, 0.1) is 5.92 Å². The molecule has 1 aromatic rings. The Morgan fingerprint density at radius 3 is 2.81 bits per heavy atom. The molecule has 7 nitrogen and oxygen atoms in total. The molecule has 1 saturated carbocycles. The Morgan fingerprint density at radius 2 is 2.12 bits per heavy atom. The Bertz CT molecular complexity index is 518. The highest BCUT2D eigenvalue weighted by Gasteiger charge is 2.20. The van der Waals surface area contributed by atoms with Crippen LogP contribution in [0.5, 0.6) is 5.88 Å². The van der Waals surface area contributed by atoms with Gasteiger partial charge in [0.2, 0.25) is 5.88 Å². The Hall–Kier alpha value is -1.86. The minimum absolute atomic E-state index is 0.500. The summed E-state index contributed by atoms with van der Waals surface area (Å²) >= 11 is 0. The van der Waals surface area contributed by atoms with E-state index in [1.807, 2.05) is 12.1 Å². The maximum atomic E-state index is 5.65. The smallest absolute Gasteiger partial charge is 0.213 e. The molecule has 146 valence electrons. The molecular weight excluding hydrogens is 332 g/mol. The molecule has 0 unspecified atom stereocenters. The van der Waals surface area contributed by atoms with Crippen molar-refractivity contribution < 1.29 is 14.2 Å². The van der Waals surface area contributed by atoms with E-state index in [1.54, 1.807) is 13.3 Å². The zero-order valence-corrected chi connectivity index (χ0v) is 16.0. The number of pyridine rings is 1. The summed E-state index contributed by atoms with van der Waals surface area (Å²) < 4.78 is 16.1. The van der Waals surface area contributed by atoms with Crippen LogP contribution in [0.4, 0.5) is 0 Å². The first kappa shape index (κ1) is 20.5. The van der Waals surface area contributed by atoms with Gasteiger partial charge >= 0.3 is 0 Å². The number of aromatic nitrogens is 1. The first-order chi connectivity index (χ1) is 12.8. The number of methoxy groups -OCH3 is 1. The van der Waals surface area contributed by atoms with Crippen molar-refractivity contribution in [3.63, 3.8) is 0 Å². The van der Waals surface area contributed by atoms with Crippen LogP contribution in [0.2, 0.25) is 0 Å². The maximum Gasteiger partial charge on any atom is 0.213 e. The molecule has 0 aliphatic heterocycles. The van der Waals surface area contributed by atoms with E-state index in [1.165, 1.54) is 12.8 Å². The zero-order valence-electron chi connectivity index (χ0n) is 16.0. The summed E-state index contributed by atoms with van der Waals surface area (Å²) in [6.45, 7) is 7.08. The largest absolute Gasteiger partial charge is 0.475 e. The van der Waals surface area contributed by atoms with Crippen molar-refractivity contribution in [3.05, 3.63) is 23.9 Å². The van der Waals surface area contributed by atoms with E-state index < -0.39 is 0 Å². The molecule has 0 spiro atoms. The van der Waals surface area contributed by atoms with Gasteiger partial charge in [-0.05, 0) is 37.7 Å². The van der Waals surface area contributed by atoms with Gasteiger partial charge in [-0.15, -0.1) is 0 Å². The van der Waals surface area contributed by atoms with Gasteiger partial charge in [0.1, 0.15) is 6.61 Å². The summed E-state index contributed by atoms with van der Waals surface area (Å²) in [4.78, 5) is 8.88. The van der Waals surface area contributed by atoms with Crippen molar-refractivity contribution in [2.45, 2.75) is 32.7 Å². The van der Waals surface area contributed by atoms with Gasteiger partial charge < -0.3 is 24.8 Å². The van der Waals surface area contributed by atoms with E-state index in [0.717, 1.165) is 50.2 Å². The third kappa shape index (κ3) is 9.01. The summed E-state index contributed by atoms with van der Waals surface area (Å²) in [7, 11) is 1.65. The fraction of sp³-hybridized carbons (Fsp3) is 0.684. The molecule has 2 N–H and O–H groups in total. The predicted molar refractivity (Wildman–Crippen MR) is 103 cm³/mol. The van der Waals surface area contributed by atoms with Crippen LogP contribution >= 0.6 is 0 Å². The van der Waals surface area contributed by atoms with E-state index in [9.17, 15) is 0 Å².